The second-order valence-electron chi connectivity index (χ2n) is 10.5. The van der Waals surface area contributed by atoms with Gasteiger partial charge in [0.25, 0.3) is 5.91 Å². The minimum Gasteiger partial charge on any atom is -0.466 e. The lowest BCUT2D eigenvalue weighted by Crippen LogP contribution is -2.42. The number of thioether (sulfide) groups is 1. The standard InChI is InChI=1S/C32H37N5O6S/c1-7-42-26(38)15-13-24(30(40)43-8-2)36-29(39)23-12-14-25(44-9-3)22(27(23)37-31(41)32(4,5)6)11-10-20-16-21-18-33-19-35-28(21)34-17-20/h12,14,16-19,24H,7-9,13,15H2,1-6H3,(H,36,39)(H,37,41)/t24-/m0/s1. The molecule has 3 aromatic rings. The Kier molecular flexibility index (Phi) is 12.2. The molecule has 0 bridgehead atoms. The molecule has 1 atom stereocenters. The molecule has 0 aliphatic rings. The monoisotopic (exact) mass is 619 g/mol. The number of aromatic nitrogens is 3. The van der Waals surface area contributed by atoms with Crippen LogP contribution in [0.15, 0.2) is 41.8 Å². The van der Waals surface area contributed by atoms with Crippen molar-refractivity contribution >= 4 is 52.2 Å². The highest BCUT2D eigenvalue weighted by Crippen LogP contribution is 2.33. The summed E-state index contributed by atoms with van der Waals surface area (Å²) in [6, 6.07) is 4.02. The number of fused-ring (bicyclic) bond motifs is 1. The number of anilines is 1. The summed E-state index contributed by atoms with van der Waals surface area (Å²) in [7, 11) is 0. The van der Waals surface area contributed by atoms with Crippen molar-refractivity contribution in [2.24, 2.45) is 5.41 Å². The van der Waals surface area contributed by atoms with Crippen molar-refractivity contribution in [1.29, 1.82) is 0 Å². The van der Waals surface area contributed by atoms with E-state index >= 15 is 0 Å². The normalized spacial score (nSPS) is 11.6. The molecule has 0 saturated carbocycles. The van der Waals surface area contributed by atoms with Crippen molar-refractivity contribution in [3.8, 4) is 11.8 Å². The van der Waals surface area contributed by atoms with Crippen LogP contribution >= 0.6 is 11.8 Å². The van der Waals surface area contributed by atoms with Gasteiger partial charge in [0.1, 0.15) is 12.4 Å². The van der Waals surface area contributed by atoms with Gasteiger partial charge in [-0.15, -0.1) is 11.8 Å². The highest BCUT2D eigenvalue weighted by molar-refractivity contribution is 7.99. The van der Waals surface area contributed by atoms with Gasteiger partial charge in [-0.3, -0.25) is 14.4 Å². The van der Waals surface area contributed by atoms with E-state index in [0.29, 0.717) is 27.9 Å². The predicted molar refractivity (Wildman–Crippen MR) is 168 cm³/mol. The van der Waals surface area contributed by atoms with Gasteiger partial charge in [0.2, 0.25) is 5.91 Å². The predicted octanol–water partition coefficient (Wildman–Crippen LogP) is 4.53. The summed E-state index contributed by atoms with van der Waals surface area (Å²) < 4.78 is 10.1. The van der Waals surface area contributed by atoms with Gasteiger partial charge in [-0.2, -0.15) is 0 Å². The van der Waals surface area contributed by atoms with Crippen LogP contribution < -0.4 is 10.6 Å². The molecule has 232 valence electrons. The first-order valence-corrected chi connectivity index (χ1v) is 15.3. The molecule has 2 aromatic heterocycles. The number of nitrogens with one attached hydrogen (secondary N) is 2. The Bertz CT molecular complexity index is 1590. The van der Waals surface area contributed by atoms with Crippen molar-refractivity contribution in [3.63, 3.8) is 0 Å². The van der Waals surface area contributed by atoms with Gasteiger partial charge < -0.3 is 20.1 Å². The van der Waals surface area contributed by atoms with E-state index in [1.165, 1.54) is 18.1 Å². The zero-order chi connectivity index (χ0) is 32.3. The quantitative estimate of drug-likeness (QED) is 0.178. The minimum atomic E-state index is -1.12. The lowest BCUT2D eigenvalue weighted by molar-refractivity contribution is -0.146. The number of carbonyl (C=O) groups is 4. The second-order valence-corrected chi connectivity index (χ2v) is 11.8. The molecule has 2 N–H and O–H groups in total. The third kappa shape index (κ3) is 9.25. The Balaban J connectivity index is 2.11. The van der Waals surface area contributed by atoms with Gasteiger partial charge in [-0.1, -0.05) is 39.5 Å². The molecular weight excluding hydrogens is 582 g/mol. The number of carbonyl (C=O) groups excluding carboxylic acids is 4. The highest BCUT2D eigenvalue weighted by atomic mass is 32.2. The van der Waals surface area contributed by atoms with E-state index < -0.39 is 29.3 Å². The van der Waals surface area contributed by atoms with Crippen LogP contribution in [-0.2, 0) is 23.9 Å². The zero-order valence-corrected chi connectivity index (χ0v) is 26.6. The fourth-order valence-corrected chi connectivity index (χ4v) is 4.68. The number of hydrogen-bond acceptors (Lipinski definition) is 10. The summed E-state index contributed by atoms with van der Waals surface area (Å²) in [6.45, 7) is 10.9. The molecule has 0 unspecified atom stereocenters. The van der Waals surface area contributed by atoms with Crippen LogP contribution in [-0.4, -0.2) is 63.7 Å². The fraction of sp³-hybridized carbons (Fsp3) is 0.406. The third-order valence-corrected chi connectivity index (χ3v) is 7.08. The number of ether oxygens (including phenoxy) is 2. The molecule has 2 heterocycles. The minimum absolute atomic E-state index is 0.0256. The fourth-order valence-electron chi connectivity index (χ4n) is 3.91. The molecule has 0 fully saturated rings. The van der Waals surface area contributed by atoms with E-state index in [9.17, 15) is 19.2 Å². The van der Waals surface area contributed by atoms with E-state index in [0.717, 1.165) is 4.90 Å². The van der Waals surface area contributed by atoms with Crippen LogP contribution in [0.2, 0.25) is 0 Å². The van der Waals surface area contributed by atoms with E-state index in [4.69, 9.17) is 9.47 Å². The highest BCUT2D eigenvalue weighted by Gasteiger charge is 2.29. The summed E-state index contributed by atoms with van der Waals surface area (Å²) in [5.74, 6) is 4.81. The van der Waals surface area contributed by atoms with E-state index in [2.05, 4.69) is 37.4 Å². The smallest absolute Gasteiger partial charge is 0.328 e. The van der Waals surface area contributed by atoms with Crippen molar-refractivity contribution in [2.75, 3.05) is 24.3 Å². The van der Waals surface area contributed by atoms with Gasteiger partial charge in [0, 0.05) is 40.1 Å². The SMILES string of the molecule is CCOC(=O)CC[C@H](NC(=O)c1ccc(SCC)c(C#Cc2cnc3ncncc3c2)c1NC(=O)C(C)(C)C)C(=O)OCC. The van der Waals surface area contributed by atoms with Gasteiger partial charge in [-0.05, 0) is 44.2 Å². The van der Waals surface area contributed by atoms with Crippen molar-refractivity contribution in [1.82, 2.24) is 20.3 Å². The topological polar surface area (TPSA) is 149 Å². The van der Waals surface area contributed by atoms with Gasteiger partial charge in [-0.25, -0.2) is 19.7 Å². The molecule has 0 spiro atoms. The van der Waals surface area contributed by atoms with Crippen LogP contribution in [0.5, 0.6) is 0 Å². The maximum Gasteiger partial charge on any atom is 0.328 e. The van der Waals surface area contributed by atoms with E-state index in [1.54, 1.807) is 65.2 Å². The molecule has 3 rings (SSSR count). The van der Waals surface area contributed by atoms with E-state index in [1.807, 2.05) is 6.92 Å². The Hall–Kier alpha value is -4.50. The molecule has 12 heteroatoms. The average Bonchev–Trinajstić information content (AvgIpc) is 2.98. The first-order chi connectivity index (χ1) is 21.0. The number of hydrogen-bond donors (Lipinski definition) is 2. The molecule has 0 aliphatic carbocycles. The Morgan fingerprint density at radius 2 is 1.75 bits per heavy atom. The average molecular weight is 620 g/mol. The van der Waals surface area contributed by atoms with Crippen LogP contribution in [0, 0.1) is 17.3 Å². The molecule has 0 saturated heterocycles. The molecule has 0 aliphatic heterocycles. The molecule has 11 nitrogen and oxygen atoms in total. The maximum absolute atomic E-state index is 13.8. The number of benzene rings is 1. The van der Waals surface area contributed by atoms with Gasteiger partial charge >= 0.3 is 11.9 Å². The van der Waals surface area contributed by atoms with Crippen LogP contribution in [0.4, 0.5) is 5.69 Å². The maximum atomic E-state index is 13.8. The van der Waals surface area contributed by atoms with Crippen molar-refractivity contribution < 1.29 is 28.7 Å². The first kappa shape index (κ1) is 34.0. The van der Waals surface area contributed by atoms with Crippen LogP contribution in [0.1, 0.15) is 75.9 Å². The number of nitrogens with zero attached hydrogens (tertiary/aromatic N) is 3. The Morgan fingerprint density at radius 3 is 2.43 bits per heavy atom. The van der Waals surface area contributed by atoms with Crippen LogP contribution in [0.25, 0.3) is 11.0 Å². The third-order valence-electron chi connectivity index (χ3n) is 6.14. The van der Waals surface area contributed by atoms with Crippen molar-refractivity contribution in [3.05, 3.63) is 53.6 Å². The number of rotatable bonds is 11. The lowest BCUT2D eigenvalue weighted by Gasteiger charge is -2.22. The van der Waals surface area contributed by atoms with Crippen molar-refractivity contribution in [2.45, 2.75) is 65.3 Å². The lowest BCUT2D eigenvalue weighted by atomic mass is 9.94. The van der Waals surface area contributed by atoms with Crippen LogP contribution in [0.3, 0.4) is 0 Å². The summed E-state index contributed by atoms with van der Waals surface area (Å²) in [5.41, 5.74) is 1.07. The van der Waals surface area contributed by atoms with E-state index in [-0.39, 0.29) is 43.2 Å². The zero-order valence-electron chi connectivity index (χ0n) is 25.8. The summed E-state index contributed by atoms with van der Waals surface area (Å²) in [6.07, 6.45) is 4.52. The Morgan fingerprint density at radius 1 is 1.00 bits per heavy atom. The second kappa shape index (κ2) is 15.8. The number of amides is 2. The first-order valence-electron chi connectivity index (χ1n) is 14.3. The van der Waals surface area contributed by atoms with Gasteiger partial charge in [0.15, 0.2) is 5.65 Å². The molecular formula is C32H37N5O6S. The number of pyridine rings is 1. The molecule has 1 aromatic carbocycles. The summed E-state index contributed by atoms with van der Waals surface area (Å²) >= 11 is 1.50. The molecule has 2 amide bonds. The summed E-state index contributed by atoms with van der Waals surface area (Å²) in [5, 5.41) is 6.32. The molecule has 0 radical (unpaired) electrons. The van der Waals surface area contributed by atoms with Gasteiger partial charge in [0.05, 0.1) is 30.0 Å². The largest absolute Gasteiger partial charge is 0.466 e. The Labute approximate surface area is 261 Å². The summed E-state index contributed by atoms with van der Waals surface area (Å²) in [4.78, 5) is 65.0. The molecule has 44 heavy (non-hydrogen) atoms. The number of esters is 2.